The summed E-state index contributed by atoms with van der Waals surface area (Å²) in [5, 5.41) is 8.58. The predicted molar refractivity (Wildman–Crippen MR) is 75.8 cm³/mol. The molecule has 0 aliphatic carbocycles. The van der Waals surface area contributed by atoms with Crippen LogP contribution in [0.4, 0.5) is 4.39 Å². The van der Waals surface area contributed by atoms with Crippen molar-refractivity contribution in [3.8, 4) is 11.5 Å². The number of hydrogen-bond donors (Lipinski definition) is 1. The van der Waals surface area contributed by atoms with Gasteiger partial charge in [0, 0.05) is 11.6 Å². The Hall–Kier alpha value is -2.89. The fourth-order valence-electron chi connectivity index (χ4n) is 1.70. The molecule has 0 aliphatic heterocycles. The highest BCUT2D eigenvalue weighted by Crippen LogP contribution is 2.14. The highest BCUT2D eigenvalue weighted by atomic mass is 19.1. The lowest BCUT2D eigenvalue weighted by Crippen LogP contribution is -2.12. The van der Waals surface area contributed by atoms with Crippen molar-refractivity contribution in [3.05, 3.63) is 59.9 Å². The van der Waals surface area contributed by atoms with Crippen molar-refractivity contribution < 1.29 is 28.6 Å². The molecule has 1 N–H and O–H groups in total. The zero-order valence-corrected chi connectivity index (χ0v) is 11.5. The van der Waals surface area contributed by atoms with E-state index in [0.717, 1.165) is 0 Å². The number of ketones is 1. The van der Waals surface area contributed by atoms with Crippen LogP contribution in [0.15, 0.2) is 48.5 Å². The average Bonchev–Trinajstić information content (AvgIpc) is 2.51. The van der Waals surface area contributed by atoms with Gasteiger partial charge >= 0.3 is 5.97 Å². The van der Waals surface area contributed by atoms with E-state index in [9.17, 15) is 14.0 Å². The van der Waals surface area contributed by atoms with Crippen molar-refractivity contribution in [2.24, 2.45) is 0 Å². The van der Waals surface area contributed by atoms with Crippen LogP contribution in [0.25, 0.3) is 0 Å². The van der Waals surface area contributed by atoms with Crippen LogP contribution in [-0.2, 0) is 4.79 Å². The second-order valence-electron chi connectivity index (χ2n) is 4.31. The maximum Gasteiger partial charge on any atom is 0.377 e. The number of hydrogen-bond acceptors (Lipinski definition) is 4. The van der Waals surface area contributed by atoms with Gasteiger partial charge in [-0.25, -0.2) is 9.18 Å². The molecular weight excluding hydrogens is 291 g/mol. The molecule has 0 spiro atoms. The molecule has 0 fully saturated rings. The molecule has 22 heavy (non-hydrogen) atoms. The first-order valence-electron chi connectivity index (χ1n) is 6.45. The normalized spacial score (nSPS) is 10.0. The fourth-order valence-corrected chi connectivity index (χ4v) is 1.70. The molecule has 5 nitrogen and oxygen atoms in total. The van der Waals surface area contributed by atoms with Gasteiger partial charge in [-0.05, 0) is 36.4 Å². The quantitative estimate of drug-likeness (QED) is 0.483. The minimum Gasteiger partial charge on any atom is -0.490 e. The Balaban J connectivity index is 1.80. The molecule has 114 valence electrons. The van der Waals surface area contributed by atoms with E-state index in [2.05, 4.69) is 0 Å². The molecular formula is C16H13FO5. The zero-order valence-electron chi connectivity index (χ0n) is 11.5. The molecule has 2 rings (SSSR count). The van der Waals surface area contributed by atoms with Crippen LogP contribution < -0.4 is 9.47 Å². The monoisotopic (exact) mass is 304 g/mol. The van der Waals surface area contributed by atoms with Gasteiger partial charge < -0.3 is 14.6 Å². The third kappa shape index (κ3) is 4.31. The van der Waals surface area contributed by atoms with E-state index in [1.165, 1.54) is 36.4 Å². The first-order chi connectivity index (χ1) is 10.6. The third-order valence-electron chi connectivity index (χ3n) is 2.73. The lowest BCUT2D eigenvalue weighted by atomic mass is 10.1. The van der Waals surface area contributed by atoms with Crippen molar-refractivity contribution in [3.63, 3.8) is 0 Å². The summed E-state index contributed by atoms with van der Waals surface area (Å²) in [5.41, 5.74) is 0.0795. The number of carboxylic acids is 1. The average molecular weight is 304 g/mol. The number of carboxylic acid groups (broad SMARTS) is 1. The number of benzene rings is 2. The Kier molecular flexibility index (Phi) is 5.08. The number of carbonyl (C=O) groups excluding carboxylic acids is 1. The molecule has 0 atom stereocenters. The first-order valence-corrected chi connectivity index (χ1v) is 6.45. The van der Waals surface area contributed by atoms with Gasteiger partial charge in [0.05, 0.1) is 0 Å². The van der Waals surface area contributed by atoms with Crippen molar-refractivity contribution in [2.75, 3.05) is 13.2 Å². The van der Waals surface area contributed by atoms with Crippen LogP contribution in [0.2, 0.25) is 0 Å². The number of rotatable bonds is 7. The fraction of sp³-hybridized carbons (Fsp3) is 0.125. The number of ether oxygens (including phenoxy) is 2. The molecule has 0 saturated heterocycles. The topological polar surface area (TPSA) is 72.8 Å². The molecule has 0 aromatic heterocycles. The van der Waals surface area contributed by atoms with Gasteiger partial charge in [0.15, 0.2) is 0 Å². The SMILES string of the molecule is O=C(O)C(=O)c1ccc(OCCOc2cccc(F)c2)cc1. The summed E-state index contributed by atoms with van der Waals surface area (Å²) < 4.78 is 23.6. The van der Waals surface area contributed by atoms with Crippen LogP contribution in [0.3, 0.4) is 0 Å². The largest absolute Gasteiger partial charge is 0.490 e. The lowest BCUT2D eigenvalue weighted by Gasteiger charge is -2.08. The van der Waals surface area contributed by atoms with E-state index in [-0.39, 0.29) is 24.6 Å². The molecule has 6 heteroatoms. The van der Waals surface area contributed by atoms with Gasteiger partial charge in [0.2, 0.25) is 0 Å². The van der Waals surface area contributed by atoms with E-state index < -0.39 is 11.8 Å². The van der Waals surface area contributed by atoms with Gasteiger partial charge in [-0.15, -0.1) is 0 Å². The molecule has 2 aromatic rings. The number of carbonyl (C=O) groups is 2. The first kappa shape index (κ1) is 15.5. The van der Waals surface area contributed by atoms with Crippen molar-refractivity contribution in [1.82, 2.24) is 0 Å². The van der Waals surface area contributed by atoms with Crippen molar-refractivity contribution >= 4 is 11.8 Å². The van der Waals surface area contributed by atoms with Crippen molar-refractivity contribution in [1.29, 1.82) is 0 Å². The second-order valence-corrected chi connectivity index (χ2v) is 4.31. The Morgan fingerprint density at radius 3 is 2.18 bits per heavy atom. The predicted octanol–water partition coefficient (Wildman–Crippen LogP) is 2.55. The van der Waals surface area contributed by atoms with Gasteiger partial charge in [0.1, 0.15) is 30.5 Å². The Labute approximate surface area is 125 Å². The van der Waals surface area contributed by atoms with E-state index in [1.807, 2.05) is 0 Å². The highest BCUT2D eigenvalue weighted by Gasteiger charge is 2.13. The van der Waals surface area contributed by atoms with E-state index in [4.69, 9.17) is 14.6 Å². The highest BCUT2D eigenvalue weighted by molar-refractivity contribution is 6.39. The Bertz CT molecular complexity index is 666. The van der Waals surface area contributed by atoms with Crippen LogP contribution >= 0.6 is 0 Å². The summed E-state index contributed by atoms with van der Waals surface area (Å²) >= 11 is 0. The summed E-state index contributed by atoms with van der Waals surface area (Å²) in [4.78, 5) is 21.7. The van der Waals surface area contributed by atoms with Gasteiger partial charge in [-0.3, -0.25) is 4.79 Å². The summed E-state index contributed by atoms with van der Waals surface area (Å²) in [7, 11) is 0. The third-order valence-corrected chi connectivity index (χ3v) is 2.73. The minimum atomic E-state index is -1.50. The van der Waals surface area contributed by atoms with E-state index in [0.29, 0.717) is 11.5 Å². The standard InChI is InChI=1S/C16H13FO5/c17-12-2-1-3-14(10-12)22-9-8-21-13-6-4-11(5-7-13)15(18)16(19)20/h1-7,10H,8-9H2,(H,19,20). The molecule has 2 aromatic carbocycles. The number of aliphatic carboxylic acids is 1. The van der Waals surface area contributed by atoms with Crippen LogP contribution in [0.1, 0.15) is 10.4 Å². The lowest BCUT2D eigenvalue weighted by molar-refractivity contribution is -0.131. The minimum absolute atomic E-state index is 0.0795. The molecule has 0 bridgehead atoms. The van der Waals surface area contributed by atoms with Crippen molar-refractivity contribution in [2.45, 2.75) is 0 Å². The Morgan fingerprint density at radius 1 is 0.955 bits per heavy atom. The summed E-state index contributed by atoms with van der Waals surface area (Å²) in [6.45, 7) is 0.446. The van der Waals surface area contributed by atoms with E-state index in [1.54, 1.807) is 12.1 Å². The Morgan fingerprint density at radius 2 is 1.59 bits per heavy atom. The molecule has 0 saturated carbocycles. The van der Waals surface area contributed by atoms with Crippen LogP contribution in [-0.4, -0.2) is 30.1 Å². The van der Waals surface area contributed by atoms with Gasteiger partial charge in [-0.1, -0.05) is 6.07 Å². The van der Waals surface area contributed by atoms with Crippen LogP contribution in [0, 0.1) is 5.82 Å². The maximum absolute atomic E-state index is 12.9. The molecule has 0 unspecified atom stereocenters. The van der Waals surface area contributed by atoms with Gasteiger partial charge in [-0.2, -0.15) is 0 Å². The van der Waals surface area contributed by atoms with Gasteiger partial charge in [0.25, 0.3) is 5.78 Å². The summed E-state index contributed by atoms with van der Waals surface area (Å²) in [5.74, 6) is -1.97. The van der Waals surface area contributed by atoms with Crippen LogP contribution in [0.5, 0.6) is 11.5 Å². The van der Waals surface area contributed by atoms with E-state index >= 15 is 0 Å². The molecule has 0 amide bonds. The molecule has 0 aliphatic rings. The summed E-state index contributed by atoms with van der Waals surface area (Å²) in [6, 6.07) is 11.5. The molecule has 0 heterocycles. The summed E-state index contributed by atoms with van der Waals surface area (Å²) in [6.07, 6.45) is 0. The molecule has 0 radical (unpaired) electrons. The smallest absolute Gasteiger partial charge is 0.377 e. The second kappa shape index (κ2) is 7.21. The maximum atomic E-state index is 12.9. The number of Topliss-reactive ketones (excluding diaryl/α,β-unsaturated/α-hetero) is 1. The number of halogens is 1. The zero-order chi connectivity index (χ0) is 15.9.